The van der Waals surface area contributed by atoms with Crippen molar-refractivity contribution in [3.8, 4) is 0 Å². The van der Waals surface area contributed by atoms with E-state index in [4.69, 9.17) is 9.47 Å². The molecule has 0 radical (unpaired) electrons. The quantitative estimate of drug-likeness (QED) is 0.218. The van der Waals surface area contributed by atoms with E-state index in [-0.39, 0.29) is 35.6 Å². The van der Waals surface area contributed by atoms with Gasteiger partial charge in [0, 0.05) is 6.07 Å². The largest absolute Gasteiger partial charge is 0.462 e. The highest BCUT2D eigenvalue weighted by molar-refractivity contribution is 6.35. The molecule has 0 fully saturated rings. The molecule has 0 bridgehead atoms. The number of anilines is 1. The molecule has 176 valence electrons. The first-order valence-electron chi connectivity index (χ1n) is 10.5. The van der Waals surface area contributed by atoms with Crippen LogP contribution in [0.25, 0.3) is 0 Å². The van der Waals surface area contributed by atoms with Gasteiger partial charge in [0.05, 0.1) is 33.9 Å². The van der Waals surface area contributed by atoms with Crippen LogP contribution < -0.4 is 4.90 Å². The van der Waals surface area contributed by atoms with Crippen molar-refractivity contribution in [1.82, 2.24) is 0 Å². The number of nitro groups is 1. The van der Waals surface area contributed by atoms with Crippen molar-refractivity contribution in [3.05, 3.63) is 105 Å². The minimum atomic E-state index is -0.807. The molecular weight excluding hydrogens is 456 g/mol. The lowest BCUT2D eigenvalue weighted by Gasteiger charge is -2.14. The Labute approximate surface area is 198 Å². The summed E-state index contributed by atoms with van der Waals surface area (Å²) in [5.41, 5.74) is 0.628. The first-order valence-corrected chi connectivity index (χ1v) is 10.5. The Kier molecular flexibility index (Phi) is 6.36. The number of rotatable bonds is 7. The molecule has 0 atom stereocenters. The van der Waals surface area contributed by atoms with Gasteiger partial charge < -0.3 is 9.47 Å². The van der Waals surface area contributed by atoms with Gasteiger partial charge in [0.15, 0.2) is 0 Å². The molecule has 1 aliphatic heterocycles. The molecule has 0 saturated heterocycles. The minimum absolute atomic E-state index is 0.0359. The number of carbonyl (C=O) groups is 4. The highest BCUT2D eigenvalue weighted by atomic mass is 16.6. The van der Waals surface area contributed by atoms with Crippen molar-refractivity contribution in [2.45, 2.75) is 13.5 Å². The van der Waals surface area contributed by atoms with E-state index in [1.54, 1.807) is 31.2 Å². The summed E-state index contributed by atoms with van der Waals surface area (Å²) in [4.78, 5) is 61.0. The molecule has 0 aliphatic carbocycles. The van der Waals surface area contributed by atoms with E-state index in [1.165, 1.54) is 36.4 Å². The number of amides is 2. The van der Waals surface area contributed by atoms with E-state index in [0.717, 1.165) is 11.0 Å². The van der Waals surface area contributed by atoms with Gasteiger partial charge in [-0.25, -0.2) is 14.5 Å². The summed E-state index contributed by atoms with van der Waals surface area (Å²) in [6.45, 7) is 1.94. The summed E-state index contributed by atoms with van der Waals surface area (Å²) in [5, 5.41) is 11.3. The van der Waals surface area contributed by atoms with E-state index in [2.05, 4.69) is 0 Å². The highest BCUT2D eigenvalue weighted by Gasteiger charge is 2.41. The molecule has 1 heterocycles. The molecule has 0 spiro atoms. The Hall–Kier alpha value is -4.86. The predicted molar refractivity (Wildman–Crippen MR) is 122 cm³/mol. The SMILES string of the molecule is CCOC(=O)c1ccc(COC(=O)c2ccc(N3C(=O)c4cccc([N+](=O)[O-])c4C3=O)cc2)cc1. The van der Waals surface area contributed by atoms with Gasteiger partial charge in [-0.3, -0.25) is 19.7 Å². The van der Waals surface area contributed by atoms with Crippen LogP contribution in [0.5, 0.6) is 0 Å². The third-order valence-corrected chi connectivity index (χ3v) is 5.29. The first kappa shape index (κ1) is 23.3. The smallest absolute Gasteiger partial charge is 0.338 e. The second kappa shape index (κ2) is 9.56. The summed E-state index contributed by atoms with van der Waals surface area (Å²) >= 11 is 0. The maximum Gasteiger partial charge on any atom is 0.338 e. The number of hydrogen-bond donors (Lipinski definition) is 0. The van der Waals surface area contributed by atoms with Crippen LogP contribution in [-0.4, -0.2) is 35.3 Å². The van der Waals surface area contributed by atoms with Crippen LogP contribution in [0.15, 0.2) is 66.7 Å². The lowest BCUT2D eigenvalue weighted by molar-refractivity contribution is -0.385. The van der Waals surface area contributed by atoms with Crippen molar-refractivity contribution < 1.29 is 33.6 Å². The van der Waals surface area contributed by atoms with Crippen LogP contribution in [0, 0.1) is 10.1 Å². The third-order valence-electron chi connectivity index (χ3n) is 5.29. The monoisotopic (exact) mass is 474 g/mol. The molecule has 3 aromatic carbocycles. The number of esters is 2. The summed E-state index contributed by atoms with van der Waals surface area (Å²) in [7, 11) is 0. The fourth-order valence-corrected chi connectivity index (χ4v) is 3.58. The molecule has 10 nitrogen and oxygen atoms in total. The van der Waals surface area contributed by atoms with Gasteiger partial charge in [0.1, 0.15) is 12.2 Å². The molecule has 1 aliphatic rings. The van der Waals surface area contributed by atoms with Crippen LogP contribution in [-0.2, 0) is 16.1 Å². The molecule has 4 rings (SSSR count). The average Bonchev–Trinajstić information content (AvgIpc) is 3.12. The summed E-state index contributed by atoms with van der Waals surface area (Å²) < 4.78 is 10.2. The molecule has 0 N–H and O–H groups in total. The molecule has 3 aromatic rings. The van der Waals surface area contributed by atoms with E-state index in [9.17, 15) is 29.3 Å². The van der Waals surface area contributed by atoms with Crippen molar-refractivity contribution in [3.63, 3.8) is 0 Å². The zero-order chi connectivity index (χ0) is 25.1. The van der Waals surface area contributed by atoms with E-state index in [1.807, 2.05) is 0 Å². The summed E-state index contributed by atoms with van der Waals surface area (Å²) in [5.74, 6) is -2.57. The molecule has 0 unspecified atom stereocenters. The van der Waals surface area contributed by atoms with Crippen molar-refractivity contribution in [2.75, 3.05) is 11.5 Å². The van der Waals surface area contributed by atoms with Gasteiger partial charge in [0.2, 0.25) is 0 Å². The average molecular weight is 474 g/mol. The lowest BCUT2D eigenvalue weighted by Crippen LogP contribution is -2.29. The van der Waals surface area contributed by atoms with Crippen molar-refractivity contribution in [2.24, 2.45) is 0 Å². The second-order valence-corrected chi connectivity index (χ2v) is 7.44. The number of benzene rings is 3. The van der Waals surface area contributed by atoms with Gasteiger partial charge in [-0.2, -0.15) is 0 Å². The Morgan fingerprint density at radius 2 is 1.46 bits per heavy atom. The normalized spacial score (nSPS) is 12.3. The number of fused-ring (bicyclic) bond motifs is 1. The maximum atomic E-state index is 12.8. The van der Waals surface area contributed by atoms with E-state index < -0.39 is 34.4 Å². The van der Waals surface area contributed by atoms with Crippen LogP contribution >= 0.6 is 0 Å². The highest BCUT2D eigenvalue weighted by Crippen LogP contribution is 2.33. The van der Waals surface area contributed by atoms with E-state index in [0.29, 0.717) is 11.1 Å². The molecule has 35 heavy (non-hydrogen) atoms. The van der Waals surface area contributed by atoms with Crippen LogP contribution in [0.1, 0.15) is 53.9 Å². The van der Waals surface area contributed by atoms with Gasteiger partial charge in [-0.05, 0) is 55.0 Å². The van der Waals surface area contributed by atoms with Crippen molar-refractivity contribution >= 4 is 35.1 Å². The molecule has 2 amide bonds. The van der Waals surface area contributed by atoms with Crippen molar-refractivity contribution in [1.29, 1.82) is 0 Å². The summed E-state index contributed by atoms with van der Waals surface area (Å²) in [6.07, 6.45) is 0. The number of hydrogen-bond acceptors (Lipinski definition) is 8. The Morgan fingerprint density at radius 3 is 2.06 bits per heavy atom. The van der Waals surface area contributed by atoms with Gasteiger partial charge in [0.25, 0.3) is 17.5 Å². The second-order valence-electron chi connectivity index (χ2n) is 7.44. The fraction of sp³-hybridized carbons (Fsp3) is 0.120. The number of nitrogens with zero attached hydrogens (tertiary/aromatic N) is 2. The lowest BCUT2D eigenvalue weighted by atomic mass is 10.1. The Bertz CT molecular complexity index is 1350. The number of ether oxygens (including phenoxy) is 2. The number of imide groups is 1. The number of carbonyl (C=O) groups excluding carboxylic acids is 4. The fourth-order valence-electron chi connectivity index (χ4n) is 3.58. The molecule has 0 aromatic heterocycles. The maximum absolute atomic E-state index is 12.8. The van der Waals surface area contributed by atoms with Gasteiger partial charge >= 0.3 is 11.9 Å². The molecular formula is C25H18N2O8. The molecule has 10 heteroatoms. The van der Waals surface area contributed by atoms with Crippen LogP contribution in [0.3, 0.4) is 0 Å². The Morgan fingerprint density at radius 1 is 0.857 bits per heavy atom. The zero-order valence-electron chi connectivity index (χ0n) is 18.4. The minimum Gasteiger partial charge on any atom is -0.462 e. The predicted octanol–water partition coefficient (Wildman–Crippen LogP) is 3.93. The van der Waals surface area contributed by atoms with Crippen LogP contribution in [0.2, 0.25) is 0 Å². The van der Waals surface area contributed by atoms with E-state index >= 15 is 0 Å². The molecule has 0 saturated carbocycles. The van der Waals surface area contributed by atoms with Gasteiger partial charge in [-0.1, -0.05) is 18.2 Å². The zero-order valence-corrected chi connectivity index (χ0v) is 18.4. The Balaban J connectivity index is 1.44. The number of nitro benzene ring substituents is 1. The van der Waals surface area contributed by atoms with Crippen LogP contribution in [0.4, 0.5) is 11.4 Å². The summed E-state index contributed by atoms with van der Waals surface area (Å²) in [6, 6.07) is 15.8. The van der Waals surface area contributed by atoms with Gasteiger partial charge in [-0.15, -0.1) is 0 Å². The first-order chi connectivity index (χ1) is 16.8. The topological polar surface area (TPSA) is 133 Å². The standard InChI is InChI=1S/C25H18N2O8/c1-2-34-24(30)16-8-6-15(7-9-16)14-35-25(31)17-10-12-18(13-11-17)26-22(28)19-4-3-5-20(27(32)33)21(19)23(26)29/h3-13H,2,14H2,1H3. The third kappa shape index (κ3) is 4.49.